The van der Waals surface area contributed by atoms with E-state index in [0.717, 1.165) is 0 Å². The molecule has 2 fully saturated rings. The first-order valence-electron chi connectivity index (χ1n) is 9.36. The zero-order chi connectivity index (χ0) is 20.3. The summed E-state index contributed by atoms with van der Waals surface area (Å²) in [6, 6.07) is 1.05. The Morgan fingerprint density at radius 1 is 1.18 bits per heavy atom. The number of carbonyl (C=O) groups is 3. The summed E-state index contributed by atoms with van der Waals surface area (Å²) in [7, 11) is 0. The Balaban J connectivity index is 1.57. The molecule has 3 rings (SSSR count). The number of hydrogen-bond acceptors (Lipinski definition) is 7. The van der Waals surface area contributed by atoms with Crippen LogP contribution in [0.2, 0.25) is 0 Å². The minimum absolute atomic E-state index is 0.164. The molecular weight excluding hydrogens is 366 g/mol. The summed E-state index contributed by atoms with van der Waals surface area (Å²) in [6.45, 7) is 6.13. The normalized spacial score (nSPS) is 22.7. The van der Waals surface area contributed by atoms with E-state index in [2.05, 4.69) is 15.3 Å². The average molecular weight is 391 g/mol. The van der Waals surface area contributed by atoms with E-state index in [-0.39, 0.29) is 11.8 Å². The maximum atomic E-state index is 13.0. The van der Waals surface area contributed by atoms with E-state index < -0.39 is 30.1 Å². The number of carboxylic acid groups (broad SMARTS) is 1. The third kappa shape index (κ3) is 4.75. The van der Waals surface area contributed by atoms with Gasteiger partial charge in [0.2, 0.25) is 11.9 Å². The summed E-state index contributed by atoms with van der Waals surface area (Å²) in [5, 5.41) is 11.6. The second-order valence-electron chi connectivity index (χ2n) is 7.37. The van der Waals surface area contributed by atoms with Crippen molar-refractivity contribution in [3.8, 4) is 0 Å². The molecule has 2 aliphatic heterocycles. The van der Waals surface area contributed by atoms with Crippen molar-refractivity contribution in [1.29, 1.82) is 0 Å². The molecule has 0 aromatic carbocycles. The van der Waals surface area contributed by atoms with Gasteiger partial charge >= 0.3 is 5.97 Å². The number of hydrogen-bond donors (Lipinski definition) is 2. The molecule has 10 heteroatoms. The summed E-state index contributed by atoms with van der Waals surface area (Å²) >= 11 is 0. The van der Waals surface area contributed by atoms with Gasteiger partial charge in [-0.25, -0.2) is 14.8 Å². The summed E-state index contributed by atoms with van der Waals surface area (Å²) in [5.74, 6) is -1.08. The van der Waals surface area contributed by atoms with Gasteiger partial charge in [-0.1, -0.05) is 13.8 Å². The number of anilines is 1. The molecule has 3 atom stereocenters. The SMILES string of the molecule is CC(C)CC(NC(=O)C1OC1C(=O)O)C(=O)N1CCN(c2ncccn2)CC1. The molecule has 2 amide bonds. The van der Waals surface area contributed by atoms with Crippen LogP contribution in [0.15, 0.2) is 18.5 Å². The molecule has 10 nitrogen and oxygen atoms in total. The van der Waals surface area contributed by atoms with Crippen LogP contribution >= 0.6 is 0 Å². The third-order valence-corrected chi connectivity index (χ3v) is 4.74. The van der Waals surface area contributed by atoms with E-state index >= 15 is 0 Å². The van der Waals surface area contributed by atoms with Crippen molar-refractivity contribution >= 4 is 23.7 Å². The lowest BCUT2D eigenvalue weighted by molar-refractivity contribution is -0.138. The smallest absolute Gasteiger partial charge is 0.336 e. The molecule has 0 saturated carbocycles. The molecule has 1 aromatic rings. The van der Waals surface area contributed by atoms with Gasteiger partial charge in [0.15, 0.2) is 12.2 Å². The molecule has 2 saturated heterocycles. The summed E-state index contributed by atoms with van der Waals surface area (Å²) < 4.78 is 4.88. The van der Waals surface area contributed by atoms with Crippen LogP contribution in [0.4, 0.5) is 5.95 Å². The Kier molecular flexibility index (Phi) is 6.08. The maximum Gasteiger partial charge on any atom is 0.336 e. The summed E-state index contributed by atoms with van der Waals surface area (Å²) in [6.07, 6.45) is 1.68. The standard InChI is InChI=1S/C18H25N5O5/c1-11(2)10-12(21-15(24)13-14(28-13)17(26)27)16(25)22-6-8-23(9-7-22)18-19-4-3-5-20-18/h3-5,11-14H,6-10H2,1-2H3,(H,21,24)(H,26,27). The number of carbonyl (C=O) groups excluding carboxylic acids is 2. The number of carboxylic acids is 1. The fourth-order valence-electron chi connectivity index (χ4n) is 3.25. The second-order valence-corrected chi connectivity index (χ2v) is 7.37. The number of nitrogens with one attached hydrogen (secondary N) is 1. The van der Waals surface area contributed by atoms with Crippen molar-refractivity contribution < 1.29 is 24.2 Å². The lowest BCUT2D eigenvalue weighted by Crippen LogP contribution is -2.56. The molecule has 1 aromatic heterocycles. The number of aromatic nitrogens is 2. The lowest BCUT2D eigenvalue weighted by atomic mass is 10.0. The summed E-state index contributed by atoms with van der Waals surface area (Å²) in [5.41, 5.74) is 0. The molecule has 152 valence electrons. The largest absolute Gasteiger partial charge is 0.479 e. The van der Waals surface area contributed by atoms with Crippen molar-refractivity contribution in [3.05, 3.63) is 18.5 Å². The number of ether oxygens (including phenoxy) is 1. The van der Waals surface area contributed by atoms with Crippen LogP contribution in [0.1, 0.15) is 20.3 Å². The number of amides is 2. The van der Waals surface area contributed by atoms with Gasteiger partial charge < -0.3 is 25.0 Å². The molecule has 0 bridgehead atoms. The maximum absolute atomic E-state index is 13.0. The number of epoxide rings is 1. The first-order valence-corrected chi connectivity index (χ1v) is 9.36. The molecule has 2 aliphatic rings. The Hall–Kier alpha value is -2.75. The monoisotopic (exact) mass is 391 g/mol. The molecular formula is C18H25N5O5. The average Bonchev–Trinajstić information content (AvgIpc) is 3.49. The van der Waals surface area contributed by atoms with Gasteiger partial charge in [0.05, 0.1) is 0 Å². The van der Waals surface area contributed by atoms with E-state index in [1.165, 1.54) is 0 Å². The van der Waals surface area contributed by atoms with Crippen molar-refractivity contribution in [2.45, 2.75) is 38.5 Å². The van der Waals surface area contributed by atoms with Crippen molar-refractivity contribution in [2.24, 2.45) is 5.92 Å². The first kappa shape index (κ1) is 20.0. The van der Waals surface area contributed by atoms with Crippen molar-refractivity contribution in [1.82, 2.24) is 20.2 Å². The fraction of sp³-hybridized carbons (Fsp3) is 0.611. The van der Waals surface area contributed by atoms with Crippen LogP contribution in [-0.2, 0) is 19.1 Å². The lowest BCUT2D eigenvalue weighted by Gasteiger charge is -2.36. The minimum atomic E-state index is -1.17. The van der Waals surface area contributed by atoms with Crippen molar-refractivity contribution in [3.63, 3.8) is 0 Å². The van der Waals surface area contributed by atoms with Gasteiger partial charge in [0, 0.05) is 38.6 Å². The molecule has 0 radical (unpaired) electrons. The van der Waals surface area contributed by atoms with Gasteiger partial charge in [-0.2, -0.15) is 0 Å². The third-order valence-electron chi connectivity index (χ3n) is 4.74. The number of aliphatic carboxylic acids is 1. The Labute approximate surface area is 162 Å². The quantitative estimate of drug-likeness (QED) is 0.596. The molecule has 28 heavy (non-hydrogen) atoms. The first-order chi connectivity index (χ1) is 13.4. The predicted octanol–water partition coefficient (Wildman–Crippen LogP) is -0.492. The van der Waals surface area contributed by atoms with Crippen LogP contribution in [0.5, 0.6) is 0 Å². The highest BCUT2D eigenvalue weighted by atomic mass is 16.6. The van der Waals surface area contributed by atoms with E-state index in [0.29, 0.717) is 38.5 Å². The van der Waals surface area contributed by atoms with E-state index in [1.54, 1.807) is 23.4 Å². The molecule has 0 spiro atoms. The van der Waals surface area contributed by atoms with E-state index in [1.807, 2.05) is 18.7 Å². The van der Waals surface area contributed by atoms with Gasteiger partial charge in [-0.15, -0.1) is 0 Å². The highest BCUT2D eigenvalue weighted by molar-refractivity contribution is 5.95. The topological polar surface area (TPSA) is 128 Å². The molecule has 2 N–H and O–H groups in total. The second kappa shape index (κ2) is 8.51. The van der Waals surface area contributed by atoms with Gasteiger partial charge in [0.25, 0.3) is 5.91 Å². The van der Waals surface area contributed by atoms with Crippen LogP contribution in [0.3, 0.4) is 0 Å². The Morgan fingerprint density at radius 3 is 2.36 bits per heavy atom. The number of piperazine rings is 1. The number of nitrogens with zero attached hydrogens (tertiary/aromatic N) is 4. The highest BCUT2D eigenvalue weighted by Gasteiger charge is 2.51. The molecule has 3 unspecified atom stereocenters. The van der Waals surface area contributed by atoms with E-state index in [9.17, 15) is 14.4 Å². The minimum Gasteiger partial charge on any atom is -0.479 e. The number of rotatable bonds is 7. The van der Waals surface area contributed by atoms with Crippen LogP contribution < -0.4 is 10.2 Å². The zero-order valence-electron chi connectivity index (χ0n) is 15.9. The van der Waals surface area contributed by atoms with Crippen LogP contribution in [0.25, 0.3) is 0 Å². The summed E-state index contributed by atoms with van der Waals surface area (Å²) in [4.78, 5) is 48.3. The van der Waals surface area contributed by atoms with Crippen LogP contribution in [0, 0.1) is 5.92 Å². The predicted molar refractivity (Wildman–Crippen MR) is 98.5 cm³/mol. The van der Waals surface area contributed by atoms with Gasteiger partial charge in [-0.3, -0.25) is 9.59 Å². The van der Waals surface area contributed by atoms with E-state index in [4.69, 9.17) is 9.84 Å². The molecule has 0 aliphatic carbocycles. The Morgan fingerprint density at radius 2 is 1.82 bits per heavy atom. The fourth-order valence-corrected chi connectivity index (χ4v) is 3.25. The molecule has 3 heterocycles. The highest BCUT2D eigenvalue weighted by Crippen LogP contribution is 2.23. The van der Waals surface area contributed by atoms with Crippen molar-refractivity contribution in [2.75, 3.05) is 31.1 Å². The van der Waals surface area contributed by atoms with Crippen LogP contribution in [-0.4, -0.2) is 82.2 Å². The van der Waals surface area contributed by atoms with Gasteiger partial charge in [-0.05, 0) is 18.4 Å². The Bertz CT molecular complexity index is 720. The zero-order valence-corrected chi connectivity index (χ0v) is 15.9. The van der Waals surface area contributed by atoms with Gasteiger partial charge in [0.1, 0.15) is 6.04 Å².